The van der Waals surface area contributed by atoms with Crippen molar-refractivity contribution in [2.45, 2.75) is 37.3 Å². The van der Waals surface area contributed by atoms with Crippen molar-refractivity contribution in [3.8, 4) is 11.4 Å². The van der Waals surface area contributed by atoms with Crippen LogP contribution in [-0.2, 0) is 17.9 Å². The van der Waals surface area contributed by atoms with E-state index in [1.807, 2.05) is 73.0 Å². The van der Waals surface area contributed by atoms with Crippen molar-refractivity contribution in [1.29, 1.82) is 0 Å². The van der Waals surface area contributed by atoms with Crippen LogP contribution in [0.25, 0.3) is 11.4 Å². The van der Waals surface area contributed by atoms with Crippen LogP contribution in [0.4, 0.5) is 4.39 Å². The lowest BCUT2D eigenvalue weighted by Crippen LogP contribution is -2.30. The number of nitrogens with zero attached hydrogens (tertiary/aromatic N) is 3. The zero-order valence-electron chi connectivity index (χ0n) is 18.5. The Morgan fingerprint density at radius 1 is 0.970 bits per heavy atom. The largest absolute Gasteiger partial charge is 0.351 e. The Morgan fingerprint density at radius 2 is 1.67 bits per heavy atom. The number of aryl methyl sites for hydroxylation is 1. The zero-order valence-corrected chi connectivity index (χ0v) is 19.3. The summed E-state index contributed by atoms with van der Waals surface area (Å²) in [6, 6.07) is 24.3. The van der Waals surface area contributed by atoms with Crippen LogP contribution in [0.5, 0.6) is 0 Å². The smallest absolute Gasteiger partial charge is 0.233 e. The monoisotopic (exact) mass is 460 g/mol. The van der Waals surface area contributed by atoms with Crippen LogP contribution in [0, 0.1) is 12.7 Å². The summed E-state index contributed by atoms with van der Waals surface area (Å²) in [4.78, 5) is 12.7. The number of carbonyl (C=O) groups is 1. The van der Waals surface area contributed by atoms with Gasteiger partial charge in [-0.2, -0.15) is 0 Å². The highest BCUT2D eigenvalue weighted by Gasteiger charge is 2.21. The van der Waals surface area contributed by atoms with Crippen LogP contribution in [0.2, 0.25) is 0 Å². The fraction of sp³-hybridized carbons (Fsp3) is 0.192. The Kier molecular flexibility index (Phi) is 7.19. The van der Waals surface area contributed by atoms with E-state index in [1.165, 1.54) is 29.5 Å². The fourth-order valence-corrected chi connectivity index (χ4v) is 4.22. The molecule has 7 heteroatoms. The van der Waals surface area contributed by atoms with E-state index < -0.39 is 0 Å². The summed E-state index contributed by atoms with van der Waals surface area (Å²) in [6.07, 6.45) is 0. The number of halogens is 1. The van der Waals surface area contributed by atoms with Gasteiger partial charge in [-0.25, -0.2) is 4.39 Å². The van der Waals surface area contributed by atoms with Gasteiger partial charge in [0.1, 0.15) is 5.82 Å². The maximum Gasteiger partial charge on any atom is 0.233 e. The second-order valence-electron chi connectivity index (χ2n) is 7.85. The molecule has 4 rings (SSSR count). The third-order valence-corrected chi connectivity index (χ3v) is 6.32. The number of aromatic nitrogens is 3. The van der Waals surface area contributed by atoms with Crippen LogP contribution >= 0.6 is 11.8 Å². The first-order valence-corrected chi connectivity index (χ1v) is 11.6. The molecule has 0 aliphatic carbocycles. The fourth-order valence-electron chi connectivity index (χ4n) is 3.35. The quantitative estimate of drug-likeness (QED) is 0.366. The van der Waals surface area contributed by atoms with Crippen molar-refractivity contribution in [1.82, 2.24) is 20.1 Å². The van der Waals surface area contributed by atoms with E-state index >= 15 is 0 Å². The summed E-state index contributed by atoms with van der Waals surface area (Å²) >= 11 is 1.36. The van der Waals surface area contributed by atoms with Gasteiger partial charge in [0.05, 0.1) is 11.8 Å². The molecule has 1 atom stereocenters. The molecule has 0 bridgehead atoms. The lowest BCUT2D eigenvalue weighted by Gasteiger charge is -2.14. The molecule has 1 N–H and O–H groups in total. The van der Waals surface area contributed by atoms with E-state index in [1.54, 1.807) is 12.1 Å². The first kappa shape index (κ1) is 22.7. The summed E-state index contributed by atoms with van der Waals surface area (Å²) in [5, 5.41) is 12.0. The molecule has 1 unspecified atom stereocenters. The number of rotatable bonds is 8. The number of carbonyl (C=O) groups excluding carboxylic acids is 1. The summed E-state index contributed by atoms with van der Waals surface area (Å²) in [7, 11) is 0. The van der Waals surface area contributed by atoms with E-state index in [0.29, 0.717) is 24.1 Å². The van der Waals surface area contributed by atoms with Gasteiger partial charge in [-0.3, -0.25) is 9.36 Å². The highest BCUT2D eigenvalue weighted by Crippen LogP contribution is 2.28. The molecule has 0 saturated heterocycles. The maximum atomic E-state index is 13.4. The van der Waals surface area contributed by atoms with Crippen molar-refractivity contribution in [3.63, 3.8) is 0 Å². The first-order valence-electron chi connectivity index (χ1n) is 10.7. The van der Waals surface area contributed by atoms with E-state index in [4.69, 9.17) is 0 Å². The zero-order chi connectivity index (χ0) is 23.2. The summed E-state index contributed by atoms with van der Waals surface area (Å²) in [5.41, 5.74) is 4.09. The molecule has 4 aromatic rings. The molecule has 168 valence electrons. The van der Waals surface area contributed by atoms with Gasteiger partial charge >= 0.3 is 0 Å². The highest BCUT2D eigenvalue weighted by molar-refractivity contribution is 8.00. The third kappa shape index (κ3) is 5.87. The predicted molar refractivity (Wildman–Crippen MR) is 129 cm³/mol. The normalized spacial score (nSPS) is 11.8. The van der Waals surface area contributed by atoms with Crippen molar-refractivity contribution in [3.05, 3.63) is 101 Å². The van der Waals surface area contributed by atoms with Crippen LogP contribution < -0.4 is 5.32 Å². The van der Waals surface area contributed by atoms with Gasteiger partial charge < -0.3 is 5.32 Å². The minimum absolute atomic E-state index is 0.0711. The molecule has 0 radical (unpaired) electrons. The summed E-state index contributed by atoms with van der Waals surface area (Å²) in [5.74, 6) is 0.258. The second-order valence-corrected chi connectivity index (χ2v) is 9.16. The van der Waals surface area contributed by atoms with Crippen molar-refractivity contribution in [2.24, 2.45) is 0 Å². The van der Waals surface area contributed by atoms with E-state index in [0.717, 1.165) is 16.7 Å². The number of amides is 1. The van der Waals surface area contributed by atoms with Crippen LogP contribution in [-0.4, -0.2) is 25.9 Å². The predicted octanol–water partition coefficient (Wildman–Crippen LogP) is 5.24. The Balaban J connectivity index is 1.52. The van der Waals surface area contributed by atoms with Crippen molar-refractivity contribution in [2.75, 3.05) is 0 Å². The van der Waals surface area contributed by atoms with Crippen LogP contribution in [0.1, 0.15) is 23.6 Å². The van der Waals surface area contributed by atoms with Gasteiger partial charge in [0, 0.05) is 12.1 Å². The van der Waals surface area contributed by atoms with Gasteiger partial charge in [-0.15, -0.1) is 10.2 Å². The minimum Gasteiger partial charge on any atom is -0.351 e. The number of benzene rings is 3. The molecule has 3 aromatic carbocycles. The Hall–Kier alpha value is -3.45. The van der Waals surface area contributed by atoms with Crippen LogP contribution in [0.3, 0.4) is 0 Å². The molecule has 0 aliphatic heterocycles. The average molecular weight is 461 g/mol. The Labute approximate surface area is 197 Å². The molecular weight excluding hydrogens is 435 g/mol. The first-order chi connectivity index (χ1) is 16.0. The number of hydrogen-bond donors (Lipinski definition) is 1. The number of nitrogens with one attached hydrogen (secondary N) is 1. The molecule has 0 aliphatic rings. The molecule has 5 nitrogen and oxygen atoms in total. The second kappa shape index (κ2) is 10.4. The van der Waals surface area contributed by atoms with Gasteiger partial charge in [0.25, 0.3) is 0 Å². The number of thioether (sulfide) groups is 1. The molecule has 1 amide bonds. The van der Waals surface area contributed by atoms with Crippen molar-refractivity contribution >= 4 is 17.7 Å². The molecule has 33 heavy (non-hydrogen) atoms. The summed E-state index contributed by atoms with van der Waals surface area (Å²) < 4.78 is 15.4. The molecule has 1 aromatic heterocycles. The number of hydrogen-bond acceptors (Lipinski definition) is 4. The SMILES string of the molecule is Cc1ccc(CNC(=O)C(C)Sc2nnc(-c3ccc(F)cc3)n2Cc2ccccc2)cc1. The minimum atomic E-state index is -0.366. The van der Waals surface area contributed by atoms with E-state index in [-0.39, 0.29) is 17.0 Å². The maximum absolute atomic E-state index is 13.4. The van der Waals surface area contributed by atoms with Gasteiger partial charge in [-0.05, 0) is 49.2 Å². The third-order valence-electron chi connectivity index (χ3n) is 5.24. The van der Waals surface area contributed by atoms with E-state index in [2.05, 4.69) is 15.5 Å². The molecule has 0 fully saturated rings. The van der Waals surface area contributed by atoms with Crippen molar-refractivity contribution < 1.29 is 9.18 Å². The molecular formula is C26H25FN4OS. The Bertz CT molecular complexity index is 1210. The topological polar surface area (TPSA) is 59.8 Å². The molecule has 0 saturated carbocycles. The average Bonchev–Trinajstić information content (AvgIpc) is 3.21. The molecule has 0 spiro atoms. The summed E-state index contributed by atoms with van der Waals surface area (Å²) in [6.45, 7) is 4.91. The molecule has 1 heterocycles. The lowest BCUT2D eigenvalue weighted by atomic mass is 10.1. The van der Waals surface area contributed by atoms with Gasteiger partial charge in [-0.1, -0.05) is 71.9 Å². The van der Waals surface area contributed by atoms with Crippen LogP contribution in [0.15, 0.2) is 84.0 Å². The standard InChI is InChI=1S/C26H25FN4OS/c1-18-8-10-20(11-9-18)16-28-25(32)19(2)33-26-30-29-24(22-12-14-23(27)15-13-22)31(26)17-21-6-4-3-5-7-21/h3-15,19H,16-17H2,1-2H3,(H,28,32). The van der Waals surface area contributed by atoms with Gasteiger partial charge in [0.15, 0.2) is 11.0 Å². The van der Waals surface area contributed by atoms with E-state index in [9.17, 15) is 9.18 Å². The highest BCUT2D eigenvalue weighted by atomic mass is 32.2. The Morgan fingerprint density at radius 3 is 2.36 bits per heavy atom. The lowest BCUT2D eigenvalue weighted by molar-refractivity contribution is -0.120. The van der Waals surface area contributed by atoms with Gasteiger partial charge in [0.2, 0.25) is 5.91 Å².